The lowest BCUT2D eigenvalue weighted by molar-refractivity contribution is 0.252. The molecule has 0 bridgehead atoms. The summed E-state index contributed by atoms with van der Waals surface area (Å²) in [5, 5.41) is 3.99. The molecule has 0 saturated heterocycles. The molecule has 7 heteroatoms. The van der Waals surface area contributed by atoms with Crippen molar-refractivity contribution in [2.45, 2.75) is 6.61 Å². The normalized spacial score (nSPS) is 10.5. The molecule has 0 spiro atoms. The van der Waals surface area contributed by atoms with Crippen molar-refractivity contribution in [2.75, 3.05) is 40.5 Å². The molecule has 0 aromatic heterocycles. The maximum atomic E-state index is 6.03. The van der Waals surface area contributed by atoms with Gasteiger partial charge in [0.25, 0.3) is 0 Å². The molecular weight excluding hydrogens is 430 g/mol. The lowest BCUT2D eigenvalue weighted by Gasteiger charge is -2.15. The van der Waals surface area contributed by atoms with E-state index in [-0.39, 0.29) is 0 Å². The molecule has 0 atom stereocenters. The Kier molecular flexibility index (Phi) is 9.35. The van der Waals surface area contributed by atoms with Gasteiger partial charge in [0.05, 0.1) is 14.2 Å². The number of nitrogens with one attached hydrogen (secondary N) is 1. The van der Waals surface area contributed by atoms with E-state index in [0.717, 1.165) is 5.56 Å². The summed E-state index contributed by atoms with van der Waals surface area (Å²) in [6.07, 6.45) is 0. The summed E-state index contributed by atoms with van der Waals surface area (Å²) >= 11 is 6.03. The van der Waals surface area contributed by atoms with E-state index in [4.69, 9.17) is 35.3 Å². The molecular formula is C25H28ClNO5. The minimum Gasteiger partial charge on any atom is -0.493 e. The van der Waals surface area contributed by atoms with Gasteiger partial charge in [-0.2, -0.15) is 0 Å². The van der Waals surface area contributed by atoms with Gasteiger partial charge in [-0.25, -0.2) is 0 Å². The number of halogens is 1. The van der Waals surface area contributed by atoms with Crippen molar-refractivity contribution in [3.63, 3.8) is 0 Å². The first-order valence-electron chi connectivity index (χ1n) is 10.3. The van der Waals surface area contributed by atoms with Crippen LogP contribution in [0.1, 0.15) is 5.56 Å². The fourth-order valence-electron chi connectivity index (χ4n) is 3.02. The molecule has 0 radical (unpaired) electrons. The van der Waals surface area contributed by atoms with Crippen LogP contribution in [0.3, 0.4) is 0 Å². The third kappa shape index (κ3) is 6.97. The lowest BCUT2D eigenvalue weighted by atomic mass is 10.2. The van der Waals surface area contributed by atoms with Gasteiger partial charge in [0, 0.05) is 18.1 Å². The van der Waals surface area contributed by atoms with Crippen LogP contribution in [0.25, 0.3) is 0 Å². The second-order valence-corrected chi connectivity index (χ2v) is 7.24. The maximum absolute atomic E-state index is 6.03. The van der Waals surface area contributed by atoms with Crippen molar-refractivity contribution in [2.24, 2.45) is 0 Å². The SMILES string of the molecule is COc1cccc(OC)c1OCCNCCOc1ccccc1OCc1cccc(Cl)c1. The lowest BCUT2D eigenvalue weighted by Crippen LogP contribution is -2.26. The highest BCUT2D eigenvalue weighted by atomic mass is 35.5. The largest absolute Gasteiger partial charge is 0.493 e. The van der Waals surface area contributed by atoms with Gasteiger partial charge in [0.1, 0.15) is 19.8 Å². The molecule has 0 aliphatic heterocycles. The average molecular weight is 458 g/mol. The molecule has 0 amide bonds. The van der Waals surface area contributed by atoms with Crippen molar-refractivity contribution in [1.29, 1.82) is 0 Å². The van der Waals surface area contributed by atoms with Crippen LogP contribution in [0.4, 0.5) is 0 Å². The van der Waals surface area contributed by atoms with Gasteiger partial charge >= 0.3 is 0 Å². The molecule has 3 aromatic carbocycles. The Hall–Kier alpha value is -3.09. The van der Waals surface area contributed by atoms with Crippen LogP contribution >= 0.6 is 11.6 Å². The smallest absolute Gasteiger partial charge is 0.203 e. The second kappa shape index (κ2) is 12.7. The van der Waals surface area contributed by atoms with E-state index in [0.29, 0.717) is 66.7 Å². The zero-order valence-corrected chi connectivity index (χ0v) is 19.1. The first-order valence-corrected chi connectivity index (χ1v) is 10.7. The number of benzene rings is 3. The van der Waals surface area contributed by atoms with Gasteiger partial charge in [0.2, 0.25) is 5.75 Å². The minimum absolute atomic E-state index is 0.420. The van der Waals surface area contributed by atoms with Gasteiger partial charge in [-0.1, -0.05) is 41.9 Å². The average Bonchev–Trinajstić information content (AvgIpc) is 2.82. The topological polar surface area (TPSA) is 58.2 Å². The van der Waals surface area contributed by atoms with Gasteiger partial charge in [-0.15, -0.1) is 0 Å². The van der Waals surface area contributed by atoms with Crippen LogP contribution in [-0.2, 0) is 6.61 Å². The van der Waals surface area contributed by atoms with Crippen LogP contribution in [0.2, 0.25) is 5.02 Å². The highest BCUT2D eigenvalue weighted by Gasteiger charge is 2.10. The molecule has 0 aliphatic rings. The molecule has 170 valence electrons. The molecule has 0 aliphatic carbocycles. The van der Waals surface area contributed by atoms with Gasteiger partial charge in [-0.3, -0.25) is 0 Å². The van der Waals surface area contributed by atoms with E-state index in [9.17, 15) is 0 Å². The number of hydrogen-bond donors (Lipinski definition) is 1. The monoisotopic (exact) mass is 457 g/mol. The van der Waals surface area contributed by atoms with Gasteiger partial charge in [-0.05, 0) is 42.0 Å². The summed E-state index contributed by atoms with van der Waals surface area (Å²) in [7, 11) is 3.21. The Labute approximate surface area is 194 Å². The third-order valence-electron chi connectivity index (χ3n) is 4.58. The van der Waals surface area contributed by atoms with Crippen LogP contribution in [-0.4, -0.2) is 40.5 Å². The number of rotatable bonds is 13. The van der Waals surface area contributed by atoms with Gasteiger partial charge < -0.3 is 29.0 Å². The van der Waals surface area contributed by atoms with E-state index in [2.05, 4.69) is 5.32 Å². The van der Waals surface area contributed by atoms with E-state index in [1.807, 2.05) is 66.7 Å². The Morgan fingerprint density at radius 1 is 0.688 bits per heavy atom. The number of para-hydroxylation sites is 3. The zero-order chi connectivity index (χ0) is 22.6. The third-order valence-corrected chi connectivity index (χ3v) is 4.81. The predicted molar refractivity (Wildman–Crippen MR) is 126 cm³/mol. The van der Waals surface area contributed by atoms with E-state index in [1.54, 1.807) is 14.2 Å². The summed E-state index contributed by atoms with van der Waals surface area (Å²) in [5.74, 6) is 3.27. The Balaban J connectivity index is 1.39. The van der Waals surface area contributed by atoms with Crippen molar-refractivity contribution in [3.8, 4) is 28.7 Å². The number of methoxy groups -OCH3 is 2. The van der Waals surface area contributed by atoms with Crippen LogP contribution in [0.15, 0.2) is 66.7 Å². The quantitative estimate of drug-likeness (QED) is 0.365. The Morgan fingerprint density at radius 3 is 1.94 bits per heavy atom. The standard InChI is InChI=1S/C25H28ClNO5/c1-28-23-11-6-12-24(29-2)25(23)31-16-14-27-13-15-30-21-9-3-4-10-22(21)32-18-19-7-5-8-20(26)17-19/h3-12,17,27H,13-16,18H2,1-2H3. The maximum Gasteiger partial charge on any atom is 0.203 e. The molecule has 32 heavy (non-hydrogen) atoms. The van der Waals surface area contributed by atoms with Gasteiger partial charge in [0.15, 0.2) is 23.0 Å². The number of hydrogen-bond acceptors (Lipinski definition) is 6. The van der Waals surface area contributed by atoms with Crippen molar-refractivity contribution in [1.82, 2.24) is 5.32 Å². The summed E-state index contributed by atoms with van der Waals surface area (Å²) in [4.78, 5) is 0. The first-order chi connectivity index (χ1) is 15.7. The summed E-state index contributed by atoms with van der Waals surface area (Å²) < 4.78 is 28.3. The molecule has 6 nitrogen and oxygen atoms in total. The molecule has 0 heterocycles. The fourth-order valence-corrected chi connectivity index (χ4v) is 3.23. The van der Waals surface area contributed by atoms with E-state index < -0.39 is 0 Å². The second-order valence-electron chi connectivity index (χ2n) is 6.80. The van der Waals surface area contributed by atoms with Crippen LogP contribution in [0, 0.1) is 0 Å². The molecule has 0 unspecified atom stereocenters. The molecule has 0 fully saturated rings. The van der Waals surface area contributed by atoms with E-state index in [1.165, 1.54) is 0 Å². The van der Waals surface area contributed by atoms with Crippen LogP contribution < -0.4 is 29.0 Å². The van der Waals surface area contributed by atoms with Crippen molar-refractivity contribution >= 4 is 11.6 Å². The summed E-state index contributed by atoms with van der Waals surface area (Å²) in [6, 6.07) is 20.8. The predicted octanol–water partition coefficient (Wildman–Crippen LogP) is 4.98. The highest BCUT2D eigenvalue weighted by molar-refractivity contribution is 6.30. The Bertz CT molecular complexity index is 960. The summed E-state index contributed by atoms with van der Waals surface area (Å²) in [5.41, 5.74) is 1.00. The molecule has 0 saturated carbocycles. The minimum atomic E-state index is 0.420. The summed E-state index contributed by atoms with van der Waals surface area (Å²) in [6.45, 7) is 2.70. The van der Waals surface area contributed by atoms with Crippen LogP contribution in [0.5, 0.6) is 28.7 Å². The highest BCUT2D eigenvalue weighted by Crippen LogP contribution is 2.36. The molecule has 3 rings (SSSR count). The molecule has 3 aromatic rings. The molecule has 1 N–H and O–H groups in total. The first kappa shape index (κ1) is 23.6. The fraction of sp³-hybridized carbons (Fsp3) is 0.280. The van der Waals surface area contributed by atoms with Crippen molar-refractivity contribution < 1.29 is 23.7 Å². The number of ether oxygens (including phenoxy) is 5. The zero-order valence-electron chi connectivity index (χ0n) is 18.3. The van der Waals surface area contributed by atoms with E-state index >= 15 is 0 Å². The van der Waals surface area contributed by atoms with Crippen molar-refractivity contribution in [3.05, 3.63) is 77.3 Å². The Morgan fingerprint density at radius 2 is 1.28 bits per heavy atom.